The Morgan fingerprint density at radius 3 is 2.25 bits per heavy atom. The van der Waals surface area contributed by atoms with E-state index in [9.17, 15) is 8.42 Å². The van der Waals surface area contributed by atoms with Gasteiger partial charge in [-0.3, -0.25) is 0 Å². The average Bonchev–Trinajstić information content (AvgIpc) is 2.32. The van der Waals surface area contributed by atoms with Crippen LogP contribution in [0.1, 0.15) is 27.2 Å². The lowest BCUT2D eigenvalue weighted by Crippen LogP contribution is -2.40. The number of nitrogens with one attached hydrogen (secondary N) is 2. The summed E-state index contributed by atoms with van der Waals surface area (Å²) in [5, 5.41) is 3.04. The maximum atomic E-state index is 12.1. The Bertz CT molecular complexity index is 504. The van der Waals surface area contributed by atoms with Crippen molar-refractivity contribution in [2.24, 2.45) is 0 Å². The van der Waals surface area contributed by atoms with Gasteiger partial charge < -0.3 is 10.1 Å². The molecule has 20 heavy (non-hydrogen) atoms. The van der Waals surface area contributed by atoms with E-state index in [1.165, 1.54) is 0 Å². The van der Waals surface area contributed by atoms with Crippen LogP contribution in [0.5, 0.6) is 5.75 Å². The Labute approximate surface area is 121 Å². The number of hydrogen-bond donors (Lipinski definition) is 2. The smallest absolute Gasteiger partial charge is 0.241 e. The van der Waals surface area contributed by atoms with Crippen molar-refractivity contribution in [1.82, 2.24) is 10.0 Å². The highest BCUT2D eigenvalue weighted by atomic mass is 32.2. The number of benzene rings is 1. The first-order chi connectivity index (χ1) is 9.24. The molecule has 0 aliphatic carbocycles. The van der Waals surface area contributed by atoms with E-state index in [0.717, 1.165) is 13.0 Å². The fourth-order valence-electron chi connectivity index (χ4n) is 1.62. The van der Waals surface area contributed by atoms with Crippen molar-refractivity contribution in [2.45, 2.75) is 37.6 Å². The highest BCUT2D eigenvalue weighted by molar-refractivity contribution is 7.89. The maximum absolute atomic E-state index is 12.1. The minimum absolute atomic E-state index is 0.245. The second-order valence-electron chi connectivity index (χ2n) is 5.63. The van der Waals surface area contributed by atoms with Crippen molar-refractivity contribution in [1.29, 1.82) is 0 Å². The SMILES string of the molecule is CNCCCOc1ccc(S(=O)(=O)NC(C)(C)C)cc1. The van der Waals surface area contributed by atoms with Crippen molar-refractivity contribution in [3.05, 3.63) is 24.3 Å². The van der Waals surface area contributed by atoms with Gasteiger partial charge in [-0.25, -0.2) is 13.1 Å². The minimum atomic E-state index is -3.48. The Kier molecular flexibility index (Phi) is 5.98. The third kappa shape index (κ3) is 5.90. The Morgan fingerprint density at radius 1 is 1.15 bits per heavy atom. The fourth-order valence-corrected chi connectivity index (χ4v) is 3.03. The molecule has 1 aromatic rings. The molecule has 0 aliphatic rings. The second-order valence-corrected chi connectivity index (χ2v) is 7.31. The molecule has 1 rings (SSSR count). The number of rotatable bonds is 7. The molecule has 0 spiro atoms. The maximum Gasteiger partial charge on any atom is 0.241 e. The van der Waals surface area contributed by atoms with E-state index in [4.69, 9.17) is 4.74 Å². The van der Waals surface area contributed by atoms with Crippen LogP contribution in [0.4, 0.5) is 0 Å². The minimum Gasteiger partial charge on any atom is -0.494 e. The molecule has 0 unspecified atom stereocenters. The molecule has 2 N–H and O–H groups in total. The second kappa shape index (κ2) is 7.06. The molecule has 0 fully saturated rings. The lowest BCUT2D eigenvalue weighted by atomic mass is 10.1. The van der Waals surface area contributed by atoms with Gasteiger partial charge in [0, 0.05) is 5.54 Å². The van der Waals surface area contributed by atoms with Crippen LogP contribution < -0.4 is 14.8 Å². The summed E-state index contributed by atoms with van der Waals surface area (Å²) >= 11 is 0. The normalized spacial score (nSPS) is 12.4. The largest absolute Gasteiger partial charge is 0.494 e. The lowest BCUT2D eigenvalue weighted by molar-refractivity contribution is 0.309. The first kappa shape index (κ1) is 16.9. The highest BCUT2D eigenvalue weighted by Crippen LogP contribution is 2.17. The van der Waals surface area contributed by atoms with E-state index in [1.54, 1.807) is 24.3 Å². The van der Waals surface area contributed by atoms with Crippen LogP contribution in [0.2, 0.25) is 0 Å². The molecule has 0 saturated heterocycles. The van der Waals surface area contributed by atoms with Gasteiger partial charge in [-0.1, -0.05) is 0 Å². The molecular formula is C14H24N2O3S. The average molecular weight is 300 g/mol. The van der Waals surface area contributed by atoms with Gasteiger partial charge in [-0.05, 0) is 65.0 Å². The molecule has 6 heteroatoms. The first-order valence-electron chi connectivity index (χ1n) is 6.66. The Hall–Kier alpha value is -1.11. The van der Waals surface area contributed by atoms with Crippen LogP contribution in [-0.4, -0.2) is 34.2 Å². The van der Waals surface area contributed by atoms with E-state index in [-0.39, 0.29) is 4.90 Å². The third-order valence-corrected chi connectivity index (χ3v) is 4.19. The molecule has 5 nitrogen and oxygen atoms in total. The van der Waals surface area contributed by atoms with E-state index >= 15 is 0 Å². The van der Waals surface area contributed by atoms with Gasteiger partial charge in [0.15, 0.2) is 0 Å². The molecule has 0 bridgehead atoms. The van der Waals surface area contributed by atoms with Gasteiger partial charge in [0.2, 0.25) is 10.0 Å². The van der Waals surface area contributed by atoms with E-state index in [0.29, 0.717) is 12.4 Å². The summed E-state index contributed by atoms with van der Waals surface area (Å²) in [7, 11) is -1.59. The number of ether oxygens (including phenoxy) is 1. The zero-order chi connectivity index (χ0) is 15.2. The summed E-state index contributed by atoms with van der Waals surface area (Å²) in [6, 6.07) is 6.47. The summed E-state index contributed by atoms with van der Waals surface area (Å²) in [5.74, 6) is 0.677. The predicted octanol–water partition coefficient (Wildman–Crippen LogP) is 1.75. The van der Waals surface area contributed by atoms with E-state index < -0.39 is 15.6 Å². The first-order valence-corrected chi connectivity index (χ1v) is 8.14. The molecule has 0 radical (unpaired) electrons. The monoisotopic (exact) mass is 300 g/mol. The predicted molar refractivity (Wildman–Crippen MR) is 80.6 cm³/mol. The zero-order valence-corrected chi connectivity index (χ0v) is 13.4. The summed E-state index contributed by atoms with van der Waals surface area (Å²) in [6.45, 7) is 6.92. The van der Waals surface area contributed by atoms with Gasteiger partial charge in [0.05, 0.1) is 11.5 Å². The van der Waals surface area contributed by atoms with Crippen molar-refractivity contribution in [2.75, 3.05) is 20.2 Å². The highest BCUT2D eigenvalue weighted by Gasteiger charge is 2.21. The van der Waals surface area contributed by atoms with Crippen LogP contribution in [0.15, 0.2) is 29.2 Å². The van der Waals surface area contributed by atoms with Gasteiger partial charge in [-0.2, -0.15) is 0 Å². The van der Waals surface area contributed by atoms with Gasteiger partial charge in [-0.15, -0.1) is 0 Å². The van der Waals surface area contributed by atoms with Gasteiger partial charge in [0.25, 0.3) is 0 Å². The van der Waals surface area contributed by atoms with Crippen molar-refractivity contribution in [3.8, 4) is 5.75 Å². The Balaban J connectivity index is 2.66. The molecule has 0 saturated carbocycles. The quantitative estimate of drug-likeness (QED) is 0.753. The summed E-state index contributed by atoms with van der Waals surface area (Å²) in [6.07, 6.45) is 0.905. The topological polar surface area (TPSA) is 67.4 Å². The molecule has 0 heterocycles. The summed E-state index contributed by atoms with van der Waals surface area (Å²) in [5.41, 5.74) is -0.499. The van der Waals surface area contributed by atoms with E-state index in [2.05, 4.69) is 10.0 Å². The van der Waals surface area contributed by atoms with Crippen LogP contribution >= 0.6 is 0 Å². The van der Waals surface area contributed by atoms with Gasteiger partial charge in [0.1, 0.15) is 5.75 Å². The van der Waals surface area contributed by atoms with Crippen LogP contribution in [0.25, 0.3) is 0 Å². The standard InChI is InChI=1S/C14H24N2O3S/c1-14(2,3)16-20(17,18)13-8-6-12(7-9-13)19-11-5-10-15-4/h6-9,15-16H,5,10-11H2,1-4H3. The van der Waals surface area contributed by atoms with Crippen molar-refractivity contribution < 1.29 is 13.2 Å². The van der Waals surface area contributed by atoms with Crippen LogP contribution in [0.3, 0.4) is 0 Å². The molecule has 1 aromatic carbocycles. The molecule has 0 aromatic heterocycles. The fraction of sp³-hybridized carbons (Fsp3) is 0.571. The third-order valence-electron chi connectivity index (χ3n) is 2.41. The number of sulfonamides is 1. The van der Waals surface area contributed by atoms with E-state index in [1.807, 2.05) is 27.8 Å². The number of hydrogen-bond acceptors (Lipinski definition) is 4. The van der Waals surface area contributed by atoms with Crippen molar-refractivity contribution >= 4 is 10.0 Å². The molecule has 0 aliphatic heterocycles. The zero-order valence-electron chi connectivity index (χ0n) is 12.6. The van der Waals surface area contributed by atoms with Gasteiger partial charge >= 0.3 is 0 Å². The lowest BCUT2D eigenvalue weighted by Gasteiger charge is -2.20. The Morgan fingerprint density at radius 2 is 1.75 bits per heavy atom. The molecule has 0 atom stereocenters. The van der Waals surface area contributed by atoms with Crippen molar-refractivity contribution in [3.63, 3.8) is 0 Å². The summed E-state index contributed by atoms with van der Waals surface area (Å²) in [4.78, 5) is 0.245. The molecule has 114 valence electrons. The summed E-state index contributed by atoms with van der Waals surface area (Å²) < 4.78 is 32.3. The molecule has 0 amide bonds. The van der Waals surface area contributed by atoms with Crippen LogP contribution in [0, 0.1) is 0 Å². The van der Waals surface area contributed by atoms with Crippen LogP contribution in [-0.2, 0) is 10.0 Å². The molecular weight excluding hydrogens is 276 g/mol.